The van der Waals surface area contributed by atoms with Gasteiger partial charge in [0, 0.05) is 25.3 Å². The molecule has 0 bridgehead atoms. The van der Waals surface area contributed by atoms with Crippen LogP contribution in [0.1, 0.15) is 56.4 Å². The van der Waals surface area contributed by atoms with Crippen molar-refractivity contribution >= 4 is 40.3 Å². The summed E-state index contributed by atoms with van der Waals surface area (Å²) in [5, 5.41) is 12.2. The molecule has 4 rings (SSSR count). The van der Waals surface area contributed by atoms with E-state index < -0.39 is 34.5 Å². The summed E-state index contributed by atoms with van der Waals surface area (Å²) in [6.07, 6.45) is 2.98. The number of amides is 1. The largest absolute Gasteiger partial charge is 0.477 e. The second-order valence-electron chi connectivity index (χ2n) is 9.31. The van der Waals surface area contributed by atoms with Gasteiger partial charge in [0.05, 0.1) is 27.7 Å². The van der Waals surface area contributed by atoms with E-state index in [2.05, 4.69) is 5.32 Å². The van der Waals surface area contributed by atoms with E-state index in [1.54, 1.807) is 30.2 Å². The molecular weight excluding hydrogens is 441 g/mol. The van der Waals surface area contributed by atoms with Gasteiger partial charge in [0.1, 0.15) is 17.0 Å². The Morgan fingerprint density at radius 3 is 2.56 bits per heavy atom. The molecule has 1 aromatic carbocycles. The first-order valence-corrected chi connectivity index (χ1v) is 10.9. The van der Waals surface area contributed by atoms with Crippen molar-refractivity contribution in [1.29, 1.82) is 0 Å². The van der Waals surface area contributed by atoms with Crippen molar-refractivity contribution in [2.45, 2.75) is 57.7 Å². The molecule has 1 aliphatic carbocycles. The van der Waals surface area contributed by atoms with Crippen LogP contribution < -0.4 is 15.6 Å². The minimum absolute atomic E-state index is 0.0205. The number of aromatic carboxylic acids is 1. The molecule has 1 atom stereocenters. The number of nitrogens with one attached hydrogen (secondary N) is 1. The van der Waals surface area contributed by atoms with E-state index in [0.717, 1.165) is 18.9 Å². The second-order valence-corrected chi connectivity index (χ2v) is 9.69. The molecule has 0 spiro atoms. The van der Waals surface area contributed by atoms with Crippen molar-refractivity contribution in [3.63, 3.8) is 0 Å². The van der Waals surface area contributed by atoms with Gasteiger partial charge in [-0.05, 0) is 46.1 Å². The number of carbonyl (C=O) groups is 2. The van der Waals surface area contributed by atoms with Crippen LogP contribution in [0.2, 0.25) is 5.02 Å². The number of hydrogen-bond donors (Lipinski definition) is 2. The highest BCUT2D eigenvalue weighted by Gasteiger charge is 2.33. The molecule has 2 heterocycles. The first-order valence-electron chi connectivity index (χ1n) is 10.5. The van der Waals surface area contributed by atoms with Gasteiger partial charge in [-0.15, -0.1) is 0 Å². The first-order chi connectivity index (χ1) is 15.0. The van der Waals surface area contributed by atoms with Gasteiger partial charge in [0.2, 0.25) is 5.43 Å². The Balaban J connectivity index is 1.69. The minimum atomic E-state index is -1.36. The lowest BCUT2D eigenvalue weighted by Gasteiger charge is -2.24. The van der Waals surface area contributed by atoms with E-state index in [4.69, 9.17) is 16.3 Å². The number of hydrogen-bond acceptors (Lipinski definition) is 5. The van der Waals surface area contributed by atoms with E-state index in [1.165, 1.54) is 6.20 Å². The molecule has 2 aliphatic rings. The Bertz CT molecular complexity index is 1170. The third-order valence-corrected chi connectivity index (χ3v) is 5.94. The number of anilines is 1. The predicted octanol–water partition coefficient (Wildman–Crippen LogP) is 3.93. The fraction of sp³-hybridized carbons (Fsp3) is 0.500. The number of carboxylic acid groups (broad SMARTS) is 1. The predicted molar refractivity (Wildman–Crippen MR) is 118 cm³/mol. The summed E-state index contributed by atoms with van der Waals surface area (Å²) in [7, 11) is 0. The molecular formula is C22H25ClFN3O5. The summed E-state index contributed by atoms with van der Waals surface area (Å²) in [5.41, 5.74) is -1.32. The monoisotopic (exact) mass is 465 g/mol. The molecule has 1 amide bonds. The van der Waals surface area contributed by atoms with Crippen molar-refractivity contribution in [2.24, 2.45) is 0 Å². The number of benzene rings is 1. The van der Waals surface area contributed by atoms with Gasteiger partial charge >= 0.3 is 12.1 Å². The standard InChI is InChI=1S/C22H25ClFN3O5/c1-22(2,3)32-21(31)25-11-6-7-26(9-11)18-15(24)8-13-17(16(18)23)27(12-4-5-12)10-14(19(13)28)20(29)30/h8,10-12H,4-7,9H2,1-3H3,(H,25,31)(H,29,30)/t11-/m0/s1. The average Bonchev–Trinajstić information content (AvgIpc) is 3.41. The molecule has 1 aromatic heterocycles. The number of alkyl carbamates (subject to hydrolysis) is 1. The lowest BCUT2D eigenvalue weighted by Crippen LogP contribution is -2.40. The van der Waals surface area contributed by atoms with Crippen LogP contribution in [0.4, 0.5) is 14.9 Å². The van der Waals surface area contributed by atoms with Crippen LogP contribution in [0.3, 0.4) is 0 Å². The molecule has 2 N–H and O–H groups in total. The van der Waals surface area contributed by atoms with E-state index >= 15 is 4.39 Å². The SMILES string of the molecule is CC(C)(C)OC(=O)N[C@H]1CCN(c2c(F)cc3c(=O)c(C(=O)O)cn(C4CC4)c3c2Cl)C1. The van der Waals surface area contributed by atoms with Crippen LogP contribution >= 0.6 is 11.6 Å². The van der Waals surface area contributed by atoms with Crippen molar-refractivity contribution in [3.8, 4) is 0 Å². The maximum Gasteiger partial charge on any atom is 0.407 e. The molecule has 172 valence electrons. The zero-order chi connectivity index (χ0) is 23.4. The number of carboxylic acids is 1. The molecule has 1 saturated heterocycles. The topological polar surface area (TPSA) is 101 Å². The Morgan fingerprint density at radius 2 is 1.97 bits per heavy atom. The van der Waals surface area contributed by atoms with E-state index in [1.807, 2.05) is 0 Å². The molecule has 8 nitrogen and oxygen atoms in total. The average molecular weight is 466 g/mol. The fourth-order valence-corrected chi connectivity index (χ4v) is 4.48. The molecule has 32 heavy (non-hydrogen) atoms. The zero-order valence-corrected chi connectivity index (χ0v) is 18.8. The van der Waals surface area contributed by atoms with Gasteiger partial charge in [-0.1, -0.05) is 11.6 Å². The molecule has 2 fully saturated rings. The lowest BCUT2D eigenvalue weighted by molar-refractivity contribution is 0.0508. The zero-order valence-electron chi connectivity index (χ0n) is 18.1. The highest BCUT2D eigenvalue weighted by Crippen LogP contribution is 2.42. The van der Waals surface area contributed by atoms with Gasteiger partial charge < -0.3 is 24.6 Å². The third-order valence-electron chi connectivity index (χ3n) is 5.58. The molecule has 10 heteroatoms. The van der Waals surface area contributed by atoms with Gasteiger partial charge in [-0.2, -0.15) is 0 Å². The quantitative estimate of drug-likeness (QED) is 0.709. The highest BCUT2D eigenvalue weighted by molar-refractivity contribution is 6.38. The van der Waals surface area contributed by atoms with Crippen LogP contribution in [0.25, 0.3) is 10.9 Å². The summed E-state index contributed by atoms with van der Waals surface area (Å²) in [4.78, 5) is 38.0. The van der Waals surface area contributed by atoms with Crippen molar-refractivity contribution in [1.82, 2.24) is 9.88 Å². The maximum absolute atomic E-state index is 15.2. The van der Waals surface area contributed by atoms with E-state index in [0.29, 0.717) is 25.0 Å². The Kier molecular flexibility index (Phi) is 5.56. The van der Waals surface area contributed by atoms with Crippen molar-refractivity contribution in [3.05, 3.63) is 38.9 Å². The second kappa shape index (κ2) is 7.95. The number of ether oxygens (including phenoxy) is 1. The smallest absolute Gasteiger partial charge is 0.407 e. The van der Waals surface area contributed by atoms with Gasteiger partial charge in [0.15, 0.2) is 0 Å². The summed E-state index contributed by atoms with van der Waals surface area (Å²) >= 11 is 6.65. The van der Waals surface area contributed by atoms with E-state index in [9.17, 15) is 19.5 Å². The number of nitrogens with zero attached hydrogens (tertiary/aromatic N) is 2. The number of aromatic nitrogens is 1. The summed E-state index contributed by atoms with van der Waals surface area (Å²) in [5.74, 6) is -2.06. The molecule has 0 unspecified atom stereocenters. The van der Waals surface area contributed by atoms with Crippen LogP contribution in [-0.4, -0.2) is 46.5 Å². The van der Waals surface area contributed by atoms with Crippen molar-refractivity contribution in [2.75, 3.05) is 18.0 Å². The number of halogens is 2. The normalized spacial score (nSPS) is 18.8. The molecule has 2 aromatic rings. The Morgan fingerprint density at radius 1 is 1.28 bits per heavy atom. The minimum Gasteiger partial charge on any atom is -0.477 e. The number of carbonyl (C=O) groups excluding carboxylic acids is 1. The fourth-order valence-electron chi connectivity index (χ4n) is 4.07. The van der Waals surface area contributed by atoms with Crippen LogP contribution in [0.5, 0.6) is 0 Å². The molecule has 1 aliphatic heterocycles. The van der Waals surface area contributed by atoms with Crippen LogP contribution in [0.15, 0.2) is 17.1 Å². The first kappa shape index (κ1) is 22.4. The third kappa shape index (κ3) is 4.26. The Hall–Kier alpha value is -2.81. The number of rotatable bonds is 4. The molecule has 0 radical (unpaired) electrons. The van der Waals surface area contributed by atoms with Crippen LogP contribution in [0, 0.1) is 5.82 Å². The van der Waals surface area contributed by atoms with Gasteiger partial charge in [-0.3, -0.25) is 4.79 Å². The number of fused-ring (bicyclic) bond motifs is 1. The summed E-state index contributed by atoms with van der Waals surface area (Å²) in [6, 6.07) is 0.835. The van der Waals surface area contributed by atoms with Crippen molar-refractivity contribution < 1.29 is 23.8 Å². The van der Waals surface area contributed by atoms with Gasteiger partial charge in [0.25, 0.3) is 0 Å². The Labute approximate surface area is 188 Å². The number of pyridine rings is 1. The van der Waals surface area contributed by atoms with E-state index in [-0.39, 0.29) is 28.2 Å². The van der Waals surface area contributed by atoms with Crippen LogP contribution in [-0.2, 0) is 4.74 Å². The van der Waals surface area contributed by atoms with Gasteiger partial charge in [-0.25, -0.2) is 14.0 Å². The maximum atomic E-state index is 15.2. The molecule has 1 saturated carbocycles. The lowest BCUT2D eigenvalue weighted by atomic mass is 10.1. The summed E-state index contributed by atoms with van der Waals surface area (Å²) in [6.45, 7) is 6.08. The summed E-state index contributed by atoms with van der Waals surface area (Å²) < 4.78 is 22.1. The highest BCUT2D eigenvalue weighted by atomic mass is 35.5.